The third-order valence-corrected chi connectivity index (χ3v) is 5.36. The van der Waals surface area contributed by atoms with Crippen LogP contribution in [-0.4, -0.2) is 20.9 Å². The maximum atomic E-state index is 13.6. The van der Waals surface area contributed by atoms with Gasteiger partial charge in [-0.2, -0.15) is 0 Å². The zero-order valence-corrected chi connectivity index (χ0v) is 15.9. The van der Waals surface area contributed by atoms with E-state index in [0.717, 1.165) is 36.2 Å². The Morgan fingerprint density at radius 1 is 1.14 bits per heavy atom. The molecule has 28 heavy (non-hydrogen) atoms. The molecule has 2 N–H and O–H groups in total. The molecular weight excluding hydrogens is 375 g/mol. The van der Waals surface area contributed by atoms with E-state index in [1.54, 1.807) is 5.38 Å². The number of aromatic amines is 1. The maximum absolute atomic E-state index is 13.6. The van der Waals surface area contributed by atoms with Gasteiger partial charge in [0.15, 0.2) is 11.6 Å². The van der Waals surface area contributed by atoms with Crippen molar-refractivity contribution in [2.24, 2.45) is 0 Å². The second kappa shape index (κ2) is 8.31. The number of aryl methyl sites for hydroxylation is 2. The second-order valence-corrected chi connectivity index (χ2v) is 7.45. The Hall–Kier alpha value is -3.06. The molecule has 0 fully saturated rings. The first-order chi connectivity index (χ1) is 13.7. The molecule has 4 aromatic rings. The van der Waals surface area contributed by atoms with Crippen molar-refractivity contribution in [2.45, 2.75) is 25.7 Å². The lowest BCUT2D eigenvalue weighted by atomic mass is 10.1. The van der Waals surface area contributed by atoms with Gasteiger partial charge in [0.05, 0.1) is 5.01 Å². The first-order valence-electron chi connectivity index (χ1n) is 9.12. The number of aromatic nitrogens is 3. The molecule has 0 saturated heterocycles. The second-order valence-electron chi connectivity index (χ2n) is 6.50. The van der Waals surface area contributed by atoms with E-state index in [0.29, 0.717) is 5.69 Å². The van der Waals surface area contributed by atoms with Crippen LogP contribution in [0.1, 0.15) is 34.0 Å². The van der Waals surface area contributed by atoms with Gasteiger partial charge < -0.3 is 10.3 Å². The van der Waals surface area contributed by atoms with E-state index >= 15 is 0 Å². The molecule has 7 heteroatoms. The van der Waals surface area contributed by atoms with Crippen molar-refractivity contribution in [3.05, 3.63) is 76.3 Å². The van der Waals surface area contributed by atoms with Gasteiger partial charge in [-0.1, -0.05) is 18.2 Å². The maximum Gasteiger partial charge on any atom is 0.276 e. The summed E-state index contributed by atoms with van der Waals surface area (Å²) in [5.41, 5.74) is 2.69. The molecule has 0 spiro atoms. The lowest BCUT2D eigenvalue weighted by molar-refractivity contribution is 0.102. The van der Waals surface area contributed by atoms with Gasteiger partial charge in [-0.05, 0) is 55.3 Å². The first-order valence-corrected chi connectivity index (χ1v) is 10.00. The molecule has 5 nitrogen and oxygen atoms in total. The standard InChI is InChI=1S/C21H19FN4OS/c22-16-8-5-11-23-20(16)26-21(27)18-13-28-19(25-18)10-4-2-7-15-12-14-6-1-3-9-17(14)24-15/h1,3,5-6,8-9,11-13,24H,2,4,7,10H2,(H,23,26,27). The number of pyridine rings is 1. The minimum absolute atomic E-state index is 0.0830. The molecule has 0 aliphatic rings. The number of fused-ring (bicyclic) bond motifs is 1. The highest BCUT2D eigenvalue weighted by Gasteiger charge is 2.13. The highest BCUT2D eigenvalue weighted by molar-refractivity contribution is 7.09. The summed E-state index contributed by atoms with van der Waals surface area (Å²) in [6.45, 7) is 0. The molecule has 142 valence electrons. The molecule has 4 rings (SSSR count). The van der Waals surface area contributed by atoms with Gasteiger partial charge in [-0.15, -0.1) is 11.3 Å². The number of nitrogens with one attached hydrogen (secondary N) is 2. The van der Waals surface area contributed by atoms with Crippen LogP contribution < -0.4 is 5.32 Å². The molecule has 1 aromatic carbocycles. The fraction of sp³-hybridized carbons (Fsp3) is 0.190. The molecule has 0 bridgehead atoms. The Labute approximate surface area is 165 Å². The minimum Gasteiger partial charge on any atom is -0.358 e. The van der Waals surface area contributed by atoms with E-state index < -0.39 is 11.7 Å². The number of halogens is 1. The number of thiazole rings is 1. The van der Waals surface area contributed by atoms with Crippen LogP contribution in [0.5, 0.6) is 0 Å². The van der Waals surface area contributed by atoms with Crippen LogP contribution in [0.3, 0.4) is 0 Å². The lowest BCUT2D eigenvalue weighted by Crippen LogP contribution is -2.14. The summed E-state index contributed by atoms with van der Waals surface area (Å²) >= 11 is 1.45. The van der Waals surface area contributed by atoms with Crippen LogP contribution in [0.2, 0.25) is 0 Å². The van der Waals surface area contributed by atoms with Gasteiger partial charge in [-0.3, -0.25) is 4.79 Å². The molecular formula is C21H19FN4OS. The molecule has 0 aliphatic heterocycles. The summed E-state index contributed by atoms with van der Waals surface area (Å²) in [6.07, 6.45) is 5.24. The molecule has 0 saturated carbocycles. The number of amides is 1. The van der Waals surface area contributed by atoms with Gasteiger partial charge >= 0.3 is 0 Å². The normalized spacial score (nSPS) is 11.0. The van der Waals surface area contributed by atoms with Crippen LogP contribution >= 0.6 is 11.3 Å². The Morgan fingerprint density at radius 2 is 2.00 bits per heavy atom. The number of nitrogens with zero attached hydrogens (tertiary/aromatic N) is 2. The number of benzene rings is 1. The Morgan fingerprint density at radius 3 is 2.86 bits per heavy atom. The van der Waals surface area contributed by atoms with Crippen molar-refractivity contribution >= 4 is 34.0 Å². The summed E-state index contributed by atoms with van der Waals surface area (Å²) in [7, 11) is 0. The number of carbonyl (C=O) groups is 1. The number of unbranched alkanes of at least 4 members (excludes halogenated alkanes) is 1. The van der Waals surface area contributed by atoms with Gasteiger partial charge in [0.2, 0.25) is 0 Å². The van der Waals surface area contributed by atoms with E-state index in [1.165, 1.54) is 40.7 Å². The van der Waals surface area contributed by atoms with Crippen LogP contribution in [0.25, 0.3) is 10.9 Å². The van der Waals surface area contributed by atoms with Crippen molar-refractivity contribution in [2.75, 3.05) is 5.32 Å². The summed E-state index contributed by atoms with van der Waals surface area (Å²) < 4.78 is 13.6. The summed E-state index contributed by atoms with van der Waals surface area (Å²) in [4.78, 5) is 23.8. The molecule has 3 aromatic heterocycles. The molecule has 3 heterocycles. The van der Waals surface area contributed by atoms with E-state index in [1.807, 2.05) is 12.1 Å². The average Bonchev–Trinajstić information content (AvgIpc) is 3.33. The van der Waals surface area contributed by atoms with Crippen LogP contribution in [-0.2, 0) is 12.8 Å². The smallest absolute Gasteiger partial charge is 0.276 e. The number of hydrogen-bond acceptors (Lipinski definition) is 4. The highest BCUT2D eigenvalue weighted by atomic mass is 32.1. The Bertz CT molecular complexity index is 1070. The summed E-state index contributed by atoms with van der Waals surface area (Å²) in [5, 5.41) is 6.29. The lowest BCUT2D eigenvalue weighted by Gasteiger charge is -2.02. The van der Waals surface area contributed by atoms with Gasteiger partial charge in [0.1, 0.15) is 5.69 Å². The highest BCUT2D eigenvalue weighted by Crippen LogP contribution is 2.18. The van der Waals surface area contributed by atoms with Crippen molar-refractivity contribution in [1.29, 1.82) is 0 Å². The zero-order chi connectivity index (χ0) is 19.3. The predicted molar refractivity (Wildman–Crippen MR) is 109 cm³/mol. The quantitative estimate of drug-likeness (QED) is 0.435. The van der Waals surface area contributed by atoms with Crippen molar-refractivity contribution in [3.63, 3.8) is 0 Å². The first kappa shape index (κ1) is 18.3. The van der Waals surface area contributed by atoms with Crippen LogP contribution in [0.15, 0.2) is 54.0 Å². The summed E-state index contributed by atoms with van der Waals surface area (Å²) in [6, 6.07) is 13.2. The number of anilines is 1. The number of hydrogen-bond donors (Lipinski definition) is 2. The molecule has 0 atom stereocenters. The van der Waals surface area contributed by atoms with E-state index in [-0.39, 0.29) is 5.82 Å². The third kappa shape index (κ3) is 4.26. The van der Waals surface area contributed by atoms with Crippen molar-refractivity contribution < 1.29 is 9.18 Å². The van der Waals surface area contributed by atoms with Gasteiger partial charge in [0, 0.05) is 22.8 Å². The van der Waals surface area contributed by atoms with E-state index in [4.69, 9.17) is 0 Å². The van der Waals surface area contributed by atoms with Gasteiger partial charge in [0.25, 0.3) is 5.91 Å². The number of carbonyl (C=O) groups excluding carboxylic acids is 1. The fourth-order valence-corrected chi connectivity index (χ4v) is 3.86. The Balaban J connectivity index is 1.27. The number of H-pyrrole nitrogens is 1. The number of para-hydroxylation sites is 1. The average molecular weight is 394 g/mol. The topological polar surface area (TPSA) is 70.7 Å². The van der Waals surface area contributed by atoms with Crippen molar-refractivity contribution in [1.82, 2.24) is 15.0 Å². The van der Waals surface area contributed by atoms with Gasteiger partial charge in [-0.25, -0.2) is 14.4 Å². The molecule has 0 aliphatic carbocycles. The van der Waals surface area contributed by atoms with Crippen molar-refractivity contribution in [3.8, 4) is 0 Å². The molecule has 0 unspecified atom stereocenters. The number of rotatable bonds is 7. The fourth-order valence-electron chi connectivity index (χ4n) is 3.04. The van der Waals surface area contributed by atoms with Crippen LogP contribution in [0, 0.1) is 5.82 Å². The third-order valence-electron chi connectivity index (χ3n) is 4.45. The monoisotopic (exact) mass is 394 g/mol. The molecule has 1 amide bonds. The van der Waals surface area contributed by atoms with Crippen LogP contribution in [0.4, 0.5) is 10.2 Å². The van der Waals surface area contributed by atoms with E-state index in [9.17, 15) is 9.18 Å². The molecule has 0 radical (unpaired) electrons. The zero-order valence-electron chi connectivity index (χ0n) is 15.1. The summed E-state index contributed by atoms with van der Waals surface area (Å²) in [5.74, 6) is -1.10. The van der Waals surface area contributed by atoms with E-state index in [2.05, 4.69) is 38.5 Å². The Kier molecular flexibility index (Phi) is 5.43. The largest absolute Gasteiger partial charge is 0.358 e. The predicted octanol–water partition coefficient (Wildman–Crippen LogP) is 4.98. The minimum atomic E-state index is -0.566. The SMILES string of the molecule is O=C(Nc1ncccc1F)c1csc(CCCCc2cc3ccccc3[nH]2)n1.